The van der Waals surface area contributed by atoms with Crippen LogP contribution in [0.2, 0.25) is 0 Å². The molecule has 0 amide bonds. The molecule has 12 heteroatoms. The van der Waals surface area contributed by atoms with E-state index in [1.54, 1.807) is 12.5 Å². The molecule has 2 heterocycles. The van der Waals surface area contributed by atoms with Crippen molar-refractivity contribution in [2.45, 2.75) is 187 Å². The first-order chi connectivity index (χ1) is 24.7. The second-order valence-corrected chi connectivity index (χ2v) is 20.0. The molecule has 7 N–H and O–H groups in total. The van der Waals surface area contributed by atoms with Crippen molar-refractivity contribution in [1.82, 2.24) is 0 Å². The van der Waals surface area contributed by atoms with E-state index in [0.717, 1.165) is 70.6 Å². The van der Waals surface area contributed by atoms with E-state index in [4.69, 9.17) is 18.9 Å². The Kier molecular flexibility index (Phi) is 10.4. The van der Waals surface area contributed by atoms with Crippen LogP contribution in [-0.4, -0.2) is 116 Å². The smallest absolute Gasteiger partial charge is 0.310 e. The van der Waals surface area contributed by atoms with Crippen LogP contribution >= 0.6 is 0 Å². The molecule has 2 saturated heterocycles. The second kappa shape index (κ2) is 13.7. The Bertz CT molecular complexity index is 1430. The molecule has 302 valence electrons. The molecule has 17 atom stereocenters. The highest BCUT2D eigenvalue weighted by molar-refractivity contribution is 5.76. The normalized spacial score (nSPS) is 52.1. The number of ether oxygens (including phenoxy) is 4. The predicted molar refractivity (Wildman–Crippen MR) is 192 cm³/mol. The highest BCUT2D eigenvalue weighted by Crippen LogP contribution is 2.72. The third-order valence-corrected chi connectivity index (χ3v) is 16.3. The first-order valence-corrected chi connectivity index (χ1v) is 20.3. The van der Waals surface area contributed by atoms with Crippen LogP contribution in [0.1, 0.15) is 119 Å². The third kappa shape index (κ3) is 6.19. The fourth-order valence-electron chi connectivity index (χ4n) is 13.2. The van der Waals surface area contributed by atoms with Gasteiger partial charge in [-0.15, -0.1) is 0 Å². The van der Waals surface area contributed by atoms with Crippen LogP contribution in [0.15, 0.2) is 11.1 Å². The topological polar surface area (TPSA) is 196 Å². The van der Waals surface area contributed by atoms with Crippen LogP contribution in [0, 0.1) is 44.8 Å². The fraction of sp³-hybridized carbons (Fsp3) is 0.927. The number of carbonyl (C=O) groups is 1. The van der Waals surface area contributed by atoms with Crippen molar-refractivity contribution in [3.63, 3.8) is 0 Å². The minimum atomic E-state index is -1.69. The molecule has 0 aromatic heterocycles. The summed E-state index contributed by atoms with van der Waals surface area (Å²) < 4.78 is 24.6. The Morgan fingerprint density at radius 2 is 1.47 bits per heavy atom. The zero-order valence-electron chi connectivity index (χ0n) is 32.7. The van der Waals surface area contributed by atoms with Crippen LogP contribution < -0.4 is 0 Å². The molecular formula is C41H66O12. The molecular weight excluding hydrogens is 684 g/mol. The Hall–Kier alpha value is -1.19. The van der Waals surface area contributed by atoms with E-state index in [1.165, 1.54) is 5.57 Å². The van der Waals surface area contributed by atoms with Crippen molar-refractivity contribution in [3.05, 3.63) is 11.1 Å². The van der Waals surface area contributed by atoms with E-state index in [2.05, 4.69) is 41.5 Å². The lowest BCUT2D eigenvalue weighted by molar-refractivity contribution is -0.375. The molecule has 7 aliphatic rings. The number of aliphatic hydroxyl groups excluding tert-OH is 6. The standard InChI is InChI=1S/C41H66O12/c1-20-28(43)31(46)33(53-34-32(47)30(45)29(44)24(19-42)51-34)35(50-20)52-27-12-14-40(7)25(38(27,4)5)11-13-39(6)22-10-15-41(36(48)49)17-16-37(2,3)18-23(41)21(22)8-9-26(39)40/h20,23-35,42-47H,8-19H2,1-7H3,(H,48,49)/t20-,23+,24-,25+,26+,27+,28+,29-,30+,31+,32-,33-,34+,35+,39+,40+,41-/m1/s1. The summed E-state index contributed by atoms with van der Waals surface area (Å²) in [5.74, 6) is 0.269. The number of rotatable bonds is 6. The summed E-state index contributed by atoms with van der Waals surface area (Å²) in [5.41, 5.74) is 2.25. The number of carboxylic acids is 1. The van der Waals surface area contributed by atoms with Gasteiger partial charge in [0.05, 0.1) is 24.2 Å². The Morgan fingerprint density at radius 3 is 2.15 bits per heavy atom. The molecule has 3 saturated carbocycles. The van der Waals surface area contributed by atoms with Crippen molar-refractivity contribution in [1.29, 1.82) is 0 Å². The van der Waals surface area contributed by atoms with Gasteiger partial charge >= 0.3 is 5.97 Å². The molecule has 2 aliphatic heterocycles. The van der Waals surface area contributed by atoms with Crippen LogP contribution in [0.3, 0.4) is 0 Å². The second-order valence-electron chi connectivity index (χ2n) is 20.0. The maximum Gasteiger partial charge on any atom is 0.310 e. The quantitative estimate of drug-likeness (QED) is 0.154. The minimum Gasteiger partial charge on any atom is -0.481 e. The molecule has 0 radical (unpaired) electrons. The molecule has 7 rings (SSSR count). The van der Waals surface area contributed by atoms with E-state index in [9.17, 15) is 40.5 Å². The predicted octanol–water partition coefficient (Wildman–Crippen LogP) is 3.66. The number of fused-ring (bicyclic) bond motifs is 6. The van der Waals surface area contributed by atoms with Gasteiger partial charge in [-0.3, -0.25) is 4.79 Å². The van der Waals surface area contributed by atoms with Crippen LogP contribution in [0.5, 0.6) is 0 Å². The van der Waals surface area contributed by atoms with Gasteiger partial charge in [0.1, 0.15) is 42.7 Å². The maximum atomic E-state index is 13.0. The average Bonchev–Trinajstić information content (AvgIpc) is 3.09. The van der Waals surface area contributed by atoms with Crippen molar-refractivity contribution in [2.24, 2.45) is 44.8 Å². The van der Waals surface area contributed by atoms with Crippen LogP contribution in [0.25, 0.3) is 0 Å². The monoisotopic (exact) mass is 750 g/mol. The highest BCUT2D eigenvalue weighted by Gasteiger charge is 2.65. The molecule has 0 aromatic carbocycles. The summed E-state index contributed by atoms with van der Waals surface area (Å²) in [5, 5.41) is 73.8. The Labute approximate surface area is 314 Å². The summed E-state index contributed by atoms with van der Waals surface area (Å²) in [6.07, 6.45) is -4.00. The fourth-order valence-corrected chi connectivity index (χ4v) is 13.2. The van der Waals surface area contributed by atoms with Crippen molar-refractivity contribution in [3.8, 4) is 0 Å². The van der Waals surface area contributed by atoms with Crippen LogP contribution in [-0.2, 0) is 23.7 Å². The van der Waals surface area contributed by atoms with Gasteiger partial charge in [-0.2, -0.15) is 0 Å². The molecule has 53 heavy (non-hydrogen) atoms. The molecule has 5 fully saturated rings. The van der Waals surface area contributed by atoms with Gasteiger partial charge < -0.3 is 54.7 Å². The summed E-state index contributed by atoms with van der Waals surface area (Å²) in [6.45, 7) is 15.1. The summed E-state index contributed by atoms with van der Waals surface area (Å²) in [4.78, 5) is 13.0. The lowest BCUT2D eigenvalue weighted by Gasteiger charge is -2.67. The summed E-state index contributed by atoms with van der Waals surface area (Å²) in [7, 11) is 0. The van der Waals surface area contributed by atoms with Crippen molar-refractivity contribution in [2.75, 3.05) is 6.61 Å². The molecule has 0 unspecified atom stereocenters. The van der Waals surface area contributed by atoms with Gasteiger partial charge in [0.25, 0.3) is 0 Å². The SMILES string of the molecule is C[C@H]1O[C@@H](O[C@H]2CC[C@]3(C)[C@H]4CCC5=C(CC[C@@]6(C(=O)O)CCC(C)(C)C[C@@H]56)[C@]4(C)CC[C@H]3C2(C)C)[C@H](O[C@@H]2O[C@H](CO)[C@@H](O)[C@H](O)[C@H]2O)[C@@H](O)[C@H]1O. The number of allylic oxidation sites excluding steroid dienone is 2. The lowest BCUT2D eigenvalue weighted by atomic mass is 9.38. The number of carboxylic acid groups (broad SMARTS) is 1. The summed E-state index contributed by atoms with van der Waals surface area (Å²) in [6, 6.07) is 0. The number of hydrogen-bond donors (Lipinski definition) is 7. The largest absolute Gasteiger partial charge is 0.481 e. The Morgan fingerprint density at radius 1 is 0.755 bits per heavy atom. The van der Waals surface area contributed by atoms with E-state index >= 15 is 0 Å². The maximum absolute atomic E-state index is 13.0. The van der Waals surface area contributed by atoms with Gasteiger partial charge in [-0.05, 0) is 117 Å². The van der Waals surface area contributed by atoms with Gasteiger partial charge in [0.15, 0.2) is 12.6 Å². The van der Waals surface area contributed by atoms with E-state index in [-0.39, 0.29) is 33.7 Å². The molecule has 0 bridgehead atoms. The summed E-state index contributed by atoms with van der Waals surface area (Å²) >= 11 is 0. The van der Waals surface area contributed by atoms with E-state index in [0.29, 0.717) is 11.8 Å². The van der Waals surface area contributed by atoms with Gasteiger partial charge in [0, 0.05) is 0 Å². The third-order valence-electron chi connectivity index (χ3n) is 16.3. The molecule has 5 aliphatic carbocycles. The first-order valence-electron chi connectivity index (χ1n) is 20.3. The van der Waals surface area contributed by atoms with Crippen molar-refractivity contribution < 1.29 is 59.5 Å². The van der Waals surface area contributed by atoms with Gasteiger partial charge in [-0.25, -0.2) is 0 Å². The highest BCUT2D eigenvalue weighted by atomic mass is 16.8. The lowest BCUT2D eigenvalue weighted by Crippen LogP contribution is -2.65. The Balaban J connectivity index is 1.12. The average molecular weight is 751 g/mol. The van der Waals surface area contributed by atoms with Gasteiger partial charge in [-0.1, -0.05) is 52.7 Å². The van der Waals surface area contributed by atoms with E-state index in [1.807, 2.05) is 0 Å². The first kappa shape index (κ1) is 40.0. The van der Waals surface area contributed by atoms with Crippen LogP contribution in [0.4, 0.5) is 0 Å². The van der Waals surface area contributed by atoms with Crippen molar-refractivity contribution >= 4 is 5.97 Å². The molecule has 0 spiro atoms. The molecule has 12 nitrogen and oxygen atoms in total. The zero-order valence-corrected chi connectivity index (χ0v) is 32.7. The molecule has 0 aromatic rings. The van der Waals surface area contributed by atoms with Gasteiger partial charge in [0.2, 0.25) is 0 Å². The minimum absolute atomic E-state index is 0.0152. The number of hydrogen-bond acceptors (Lipinski definition) is 11. The zero-order chi connectivity index (χ0) is 38.6. The number of aliphatic carboxylic acids is 1. The van der Waals surface area contributed by atoms with E-state index < -0.39 is 79.4 Å². The number of aliphatic hydroxyl groups is 6.